The SMILES string of the molecule is C[C@]12C[C@@]34C=CCC[C@@H]3[C@H](C[C@@H]1C4)O2. The number of hydrogen-bond acceptors (Lipinski definition) is 1. The molecule has 1 nitrogen and oxygen atoms in total. The zero-order chi connectivity index (χ0) is 9.39. The monoisotopic (exact) mass is 190 g/mol. The Morgan fingerprint density at radius 3 is 3.21 bits per heavy atom. The molecule has 4 bridgehead atoms. The molecule has 14 heavy (non-hydrogen) atoms. The van der Waals surface area contributed by atoms with Crippen LogP contribution in [-0.4, -0.2) is 11.7 Å². The molecule has 0 aromatic heterocycles. The Labute approximate surface area is 85.5 Å². The van der Waals surface area contributed by atoms with Gasteiger partial charge in [-0.2, -0.15) is 0 Å². The Kier molecular flexibility index (Phi) is 1.19. The maximum atomic E-state index is 6.27. The van der Waals surface area contributed by atoms with Crippen molar-refractivity contribution in [3.8, 4) is 0 Å². The van der Waals surface area contributed by atoms with Gasteiger partial charge in [-0.1, -0.05) is 12.2 Å². The molecule has 0 amide bonds. The molecule has 2 saturated heterocycles. The third-order valence-electron chi connectivity index (χ3n) is 5.39. The van der Waals surface area contributed by atoms with Crippen molar-refractivity contribution in [1.82, 2.24) is 0 Å². The molecular formula is C13H18O. The summed E-state index contributed by atoms with van der Waals surface area (Å²) in [5.74, 6) is 1.73. The van der Waals surface area contributed by atoms with Gasteiger partial charge in [0.05, 0.1) is 11.7 Å². The van der Waals surface area contributed by atoms with E-state index in [0.717, 1.165) is 11.8 Å². The van der Waals surface area contributed by atoms with Crippen LogP contribution in [0.3, 0.4) is 0 Å². The molecule has 2 heterocycles. The minimum atomic E-state index is 0.253. The number of allylic oxidation sites excluding steroid dienone is 2. The first kappa shape index (κ1) is 7.92. The maximum absolute atomic E-state index is 6.27. The summed E-state index contributed by atoms with van der Waals surface area (Å²) in [6, 6.07) is 0. The third-order valence-corrected chi connectivity index (χ3v) is 5.39. The van der Waals surface area contributed by atoms with Crippen LogP contribution in [0, 0.1) is 17.3 Å². The summed E-state index contributed by atoms with van der Waals surface area (Å²) in [6.07, 6.45) is 12.3. The lowest BCUT2D eigenvalue weighted by Gasteiger charge is -2.47. The van der Waals surface area contributed by atoms with Crippen LogP contribution < -0.4 is 0 Å². The van der Waals surface area contributed by atoms with Gasteiger partial charge in [-0.3, -0.25) is 0 Å². The fraction of sp³-hybridized carbons (Fsp3) is 0.846. The lowest BCUT2D eigenvalue weighted by atomic mass is 9.62. The van der Waals surface area contributed by atoms with Crippen molar-refractivity contribution in [2.24, 2.45) is 17.3 Å². The van der Waals surface area contributed by atoms with Crippen molar-refractivity contribution < 1.29 is 4.74 Å². The van der Waals surface area contributed by atoms with Crippen molar-refractivity contribution >= 4 is 0 Å². The van der Waals surface area contributed by atoms with E-state index < -0.39 is 0 Å². The van der Waals surface area contributed by atoms with Crippen molar-refractivity contribution in [3.05, 3.63) is 12.2 Å². The predicted molar refractivity (Wildman–Crippen MR) is 54.9 cm³/mol. The van der Waals surface area contributed by atoms with Crippen molar-refractivity contribution in [3.63, 3.8) is 0 Å². The zero-order valence-electron chi connectivity index (χ0n) is 8.83. The summed E-state index contributed by atoms with van der Waals surface area (Å²) in [5, 5.41) is 0. The number of ether oxygens (including phenoxy) is 1. The topological polar surface area (TPSA) is 9.23 Å². The second kappa shape index (κ2) is 2.11. The summed E-state index contributed by atoms with van der Waals surface area (Å²) in [4.78, 5) is 0. The summed E-state index contributed by atoms with van der Waals surface area (Å²) in [5.41, 5.74) is 0.821. The minimum absolute atomic E-state index is 0.253. The normalized spacial score (nSPS) is 63.4. The highest BCUT2D eigenvalue weighted by Gasteiger charge is 2.66. The Morgan fingerprint density at radius 1 is 1.43 bits per heavy atom. The quantitative estimate of drug-likeness (QED) is 0.534. The van der Waals surface area contributed by atoms with Gasteiger partial charge in [0.1, 0.15) is 0 Å². The second-order valence-electron chi connectivity index (χ2n) is 6.10. The molecule has 1 spiro atoms. The molecule has 0 radical (unpaired) electrons. The molecule has 0 aromatic carbocycles. The third kappa shape index (κ3) is 0.701. The molecule has 0 N–H and O–H groups in total. The first-order chi connectivity index (χ1) is 6.72. The van der Waals surface area contributed by atoms with Crippen LogP contribution in [0.4, 0.5) is 0 Å². The van der Waals surface area contributed by atoms with E-state index >= 15 is 0 Å². The molecule has 2 saturated carbocycles. The largest absolute Gasteiger partial charge is 0.371 e. The van der Waals surface area contributed by atoms with Crippen molar-refractivity contribution in [2.75, 3.05) is 0 Å². The van der Waals surface area contributed by atoms with E-state index in [1.807, 2.05) is 0 Å². The Morgan fingerprint density at radius 2 is 2.36 bits per heavy atom. The zero-order valence-corrected chi connectivity index (χ0v) is 8.83. The second-order valence-corrected chi connectivity index (χ2v) is 6.10. The van der Waals surface area contributed by atoms with Crippen LogP contribution in [0.25, 0.3) is 0 Å². The van der Waals surface area contributed by atoms with Crippen LogP contribution >= 0.6 is 0 Å². The van der Waals surface area contributed by atoms with Gasteiger partial charge in [0, 0.05) is 0 Å². The molecule has 76 valence electrons. The van der Waals surface area contributed by atoms with Crippen LogP contribution in [0.5, 0.6) is 0 Å². The molecule has 3 aliphatic carbocycles. The fourth-order valence-corrected chi connectivity index (χ4v) is 4.91. The van der Waals surface area contributed by atoms with E-state index in [1.165, 1.54) is 32.1 Å². The molecule has 4 fully saturated rings. The van der Waals surface area contributed by atoms with E-state index in [1.54, 1.807) is 0 Å². The maximum Gasteiger partial charge on any atom is 0.0696 e. The standard InChI is InChI=1S/C13H18O/c1-12-8-13-5-3-2-4-10(13)11(14-12)6-9(12)7-13/h3,5,9-11H,2,4,6-8H2,1H3/t9-,10-,11+,12+,13+/m1/s1. The highest BCUT2D eigenvalue weighted by atomic mass is 16.5. The average Bonchev–Trinajstić information content (AvgIpc) is 2.50. The first-order valence-corrected chi connectivity index (χ1v) is 6.07. The number of hydrogen-bond donors (Lipinski definition) is 0. The average molecular weight is 190 g/mol. The molecule has 1 heteroatoms. The van der Waals surface area contributed by atoms with Crippen LogP contribution in [0.2, 0.25) is 0 Å². The highest BCUT2D eigenvalue weighted by Crippen LogP contribution is 2.68. The van der Waals surface area contributed by atoms with Crippen LogP contribution in [0.1, 0.15) is 39.0 Å². The smallest absolute Gasteiger partial charge is 0.0696 e. The predicted octanol–water partition coefficient (Wildman–Crippen LogP) is 2.91. The highest BCUT2D eigenvalue weighted by molar-refractivity contribution is 5.23. The summed E-state index contributed by atoms with van der Waals surface area (Å²) in [7, 11) is 0. The fourth-order valence-electron chi connectivity index (χ4n) is 4.91. The van der Waals surface area contributed by atoms with Gasteiger partial charge in [0.2, 0.25) is 0 Å². The summed E-state index contributed by atoms with van der Waals surface area (Å²) < 4.78 is 6.27. The number of rotatable bonds is 0. The van der Waals surface area contributed by atoms with Gasteiger partial charge in [-0.05, 0) is 56.3 Å². The van der Waals surface area contributed by atoms with Gasteiger partial charge in [-0.15, -0.1) is 0 Å². The van der Waals surface area contributed by atoms with Gasteiger partial charge in [-0.25, -0.2) is 0 Å². The molecule has 5 aliphatic rings. The lowest BCUT2D eigenvalue weighted by molar-refractivity contribution is -0.122. The van der Waals surface area contributed by atoms with E-state index in [4.69, 9.17) is 4.74 Å². The minimum Gasteiger partial charge on any atom is -0.371 e. The van der Waals surface area contributed by atoms with Crippen LogP contribution in [0.15, 0.2) is 12.2 Å². The molecule has 5 atom stereocenters. The Balaban J connectivity index is 1.86. The Bertz CT molecular complexity index is 321. The van der Waals surface area contributed by atoms with Gasteiger partial charge in [0.15, 0.2) is 0 Å². The molecular weight excluding hydrogens is 172 g/mol. The van der Waals surface area contributed by atoms with E-state index in [9.17, 15) is 0 Å². The van der Waals surface area contributed by atoms with E-state index in [-0.39, 0.29) is 5.60 Å². The van der Waals surface area contributed by atoms with Crippen molar-refractivity contribution in [2.45, 2.75) is 50.7 Å². The molecule has 5 rings (SSSR count). The van der Waals surface area contributed by atoms with Gasteiger partial charge < -0.3 is 4.74 Å². The van der Waals surface area contributed by atoms with Gasteiger partial charge in [0.25, 0.3) is 0 Å². The van der Waals surface area contributed by atoms with Crippen LogP contribution in [-0.2, 0) is 4.74 Å². The first-order valence-electron chi connectivity index (χ1n) is 6.07. The summed E-state index contributed by atoms with van der Waals surface area (Å²) >= 11 is 0. The van der Waals surface area contributed by atoms with Gasteiger partial charge >= 0.3 is 0 Å². The van der Waals surface area contributed by atoms with E-state index in [2.05, 4.69) is 19.1 Å². The lowest BCUT2D eigenvalue weighted by Crippen LogP contribution is -2.45. The molecule has 0 unspecified atom stereocenters. The molecule has 0 aromatic rings. The Hall–Kier alpha value is -0.300. The summed E-state index contributed by atoms with van der Waals surface area (Å²) in [6.45, 7) is 2.35. The molecule has 2 aliphatic heterocycles. The van der Waals surface area contributed by atoms with Crippen molar-refractivity contribution in [1.29, 1.82) is 0 Å². The van der Waals surface area contributed by atoms with E-state index in [0.29, 0.717) is 11.5 Å².